The highest BCUT2D eigenvalue weighted by Gasteiger charge is 2.06. The molecular weight excluding hydrogens is 136 g/mol. The van der Waals surface area contributed by atoms with Crippen LogP contribution >= 0.6 is 0 Å². The molecule has 64 valence electrons. The van der Waals surface area contributed by atoms with Gasteiger partial charge in [0.25, 0.3) is 0 Å². The number of allylic oxidation sites excluding steroid dienone is 1. The van der Waals surface area contributed by atoms with E-state index in [2.05, 4.69) is 13.5 Å². The number of carbonyl (C=O) groups excluding carboxylic acids is 1. The average Bonchev–Trinajstić information content (AvgIpc) is 1.97. The monoisotopic (exact) mass is 154 g/mol. The number of hydrogen-bond donors (Lipinski definition) is 0. The van der Waals surface area contributed by atoms with Crippen molar-refractivity contribution in [3.05, 3.63) is 12.2 Å². The van der Waals surface area contributed by atoms with E-state index in [1.807, 2.05) is 6.92 Å². The molecule has 0 spiro atoms. The van der Waals surface area contributed by atoms with Gasteiger partial charge in [-0.15, -0.1) is 0 Å². The lowest BCUT2D eigenvalue weighted by atomic mass is 9.93. The molecule has 0 aromatic rings. The van der Waals surface area contributed by atoms with Crippen LogP contribution in [0.15, 0.2) is 12.2 Å². The Kier molecular flexibility index (Phi) is 5.81. The maximum absolute atomic E-state index is 10.2. The highest BCUT2D eigenvalue weighted by atomic mass is 16.1. The van der Waals surface area contributed by atoms with Crippen molar-refractivity contribution in [1.82, 2.24) is 0 Å². The van der Waals surface area contributed by atoms with Gasteiger partial charge in [-0.25, -0.2) is 0 Å². The summed E-state index contributed by atoms with van der Waals surface area (Å²) in [4.78, 5) is 10.2. The predicted molar refractivity (Wildman–Crippen MR) is 48.5 cm³/mol. The van der Waals surface area contributed by atoms with Crippen molar-refractivity contribution < 1.29 is 4.79 Å². The van der Waals surface area contributed by atoms with Gasteiger partial charge < -0.3 is 4.79 Å². The molecule has 0 aromatic heterocycles. The summed E-state index contributed by atoms with van der Waals surface area (Å²) in [6.07, 6.45) is 5.16. The lowest BCUT2D eigenvalue weighted by molar-refractivity contribution is -0.108. The Morgan fingerprint density at radius 2 is 2.27 bits per heavy atom. The second-order valence-corrected chi connectivity index (χ2v) is 3.09. The number of rotatable bonds is 6. The number of carbonyl (C=O) groups is 1. The van der Waals surface area contributed by atoms with Crippen molar-refractivity contribution in [2.75, 3.05) is 0 Å². The molecule has 0 aliphatic rings. The molecule has 1 heteroatoms. The first-order valence-corrected chi connectivity index (χ1v) is 4.31. The predicted octanol–water partition coefficient (Wildman–Crippen LogP) is 2.96. The topological polar surface area (TPSA) is 17.1 Å². The highest BCUT2D eigenvalue weighted by Crippen LogP contribution is 2.18. The molecule has 0 aliphatic carbocycles. The van der Waals surface area contributed by atoms with Crippen molar-refractivity contribution in [2.45, 2.75) is 39.5 Å². The van der Waals surface area contributed by atoms with Crippen LogP contribution in [0.1, 0.15) is 39.5 Å². The number of aldehydes is 1. The van der Waals surface area contributed by atoms with Gasteiger partial charge in [-0.05, 0) is 19.3 Å². The van der Waals surface area contributed by atoms with E-state index in [4.69, 9.17) is 0 Å². The van der Waals surface area contributed by atoms with Gasteiger partial charge >= 0.3 is 0 Å². The van der Waals surface area contributed by atoms with Gasteiger partial charge in [0.05, 0.1) is 0 Å². The molecule has 0 aliphatic heterocycles. The third-order valence-corrected chi connectivity index (χ3v) is 1.98. The molecule has 0 amide bonds. The van der Waals surface area contributed by atoms with E-state index in [-0.39, 0.29) is 0 Å². The van der Waals surface area contributed by atoms with Gasteiger partial charge in [0.1, 0.15) is 6.29 Å². The maximum atomic E-state index is 10.2. The molecule has 0 bridgehead atoms. The van der Waals surface area contributed by atoms with Crippen LogP contribution in [-0.4, -0.2) is 6.29 Å². The molecule has 0 heterocycles. The Morgan fingerprint density at radius 3 is 2.64 bits per heavy atom. The molecule has 1 atom stereocenters. The molecule has 0 saturated heterocycles. The first kappa shape index (κ1) is 10.4. The largest absolute Gasteiger partial charge is 0.303 e. The third kappa shape index (κ3) is 4.77. The Hall–Kier alpha value is -0.590. The van der Waals surface area contributed by atoms with E-state index in [9.17, 15) is 4.79 Å². The fraction of sp³-hybridized carbons (Fsp3) is 0.700. The molecular formula is C10H18O. The zero-order valence-electron chi connectivity index (χ0n) is 7.60. The van der Waals surface area contributed by atoms with Gasteiger partial charge in [0, 0.05) is 6.42 Å². The molecule has 0 fully saturated rings. The van der Waals surface area contributed by atoms with E-state index in [1.165, 1.54) is 12.8 Å². The fourth-order valence-corrected chi connectivity index (χ4v) is 1.13. The number of hydrogen-bond acceptors (Lipinski definition) is 1. The minimum Gasteiger partial charge on any atom is -0.303 e. The summed E-state index contributed by atoms with van der Waals surface area (Å²) in [6, 6.07) is 0. The number of unbranched alkanes of at least 4 members (excludes halogenated alkanes) is 1. The van der Waals surface area contributed by atoms with E-state index in [0.29, 0.717) is 12.3 Å². The van der Waals surface area contributed by atoms with Crippen LogP contribution in [0, 0.1) is 5.92 Å². The normalized spacial score (nSPS) is 12.5. The molecule has 0 N–H and O–H groups in total. The first-order valence-electron chi connectivity index (χ1n) is 4.31. The molecule has 0 rings (SSSR count). The summed E-state index contributed by atoms with van der Waals surface area (Å²) in [5.74, 6) is 0.424. The standard InChI is InChI=1S/C10H18O/c1-4-5-6-10(7-8-11)9(2)3/h8,10H,2,4-7H2,1,3H3. The van der Waals surface area contributed by atoms with Crippen molar-refractivity contribution in [1.29, 1.82) is 0 Å². The Balaban J connectivity index is 3.69. The minimum absolute atomic E-state index is 0.424. The maximum Gasteiger partial charge on any atom is 0.120 e. The quantitative estimate of drug-likeness (QED) is 0.424. The van der Waals surface area contributed by atoms with Crippen molar-refractivity contribution in [2.24, 2.45) is 5.92 Å². The lowest BCUT2D eigenvalue weighted by Gasteiger charge is -2.12. The SMILES string of the molecule is C=C(C)C(CC=O)CCCC. The van der Waals surface area contributed by atoms with Crippen LogP contribution in [0.25, 0.3) is 0 Å². The molecule has 1 nitrogen and oxygen atoms in total. The Bertz CT molecular complexity index is 127. The smallest absolute Gasteiger partial charge is 0.120 e. The molecule has 0 aromatic carbocycles. The second-order valence-electron chi connectivity index (χ2n) is 3.09. The van der Waals surface area contributed by atoms with E-state index >= 15 is 0 Å². The zero-order valence-corrected chi connectivity index (χ0v) is 7.60. The molecule has 11 heavy (non-hydrogen) atoms. The third-order valence-electron chi connectivity index (χ3n) is 1.98. The fourth-order valence-electron chi connectivity index (χ4n) is 1.13. The summed E-state index contributed by atoms with van der Waals surface area (Å²) in [5, 5.41) is 0. The average molecular weight is 154 g/mol. The molecule has 1 unspecified atom stereocenters. The zero-order chi connectivity index (χ0) is 8.69. The van der Waals surface area contributed by atoms with Gasteiger partial charge in [-0.1, -0.05) is 31.9 Å². The van der Waals surface area contributed by atoms with Crippen LogP contribution in [0.3, 0.4) is 0 Å². The van der Waals surface area contributed by atoms with E-state index in [1.54, 1.807) is 0 Å². The van der Waals surface area contributed by atoms with Crippen molar-refractivity contribution >= 4 is 6.29 Å². The summed E-state index contributed by atoms with van der Waals surface area (Å²) in [6.45, 7) is 8.03. The van der Waals surface area contributed by atoms with E-state index in [0.717, 1.165) is 18.3 Å². The summed E-state index contributed by atoms with van der Waals surface area (Å²) >= 11 is 0. The second kappa shape index (κ2) is 6.14. The molecule has 0 saturated carbocycles. The van der Waals surface area contributed by atoms with Crippen LogP contribution in [0.4, 0.5) is 0 Å². The van der Waals surface area contributed by atoms with Crippen molar-refractivity contribution in [3.8, 4) is 0 Å². The summed E-state index contributed by atoms with van der Waals surface area (Å²) in [7, 11) is 0. The Labute approximate surface area is 69.5 Å². The van der Waals surface area contributed by atoms with E-state index < -0.39 is 0 Å². The Morgan fingerprint density at radius 1 is 1.64 bits per heavy atom. The molecule has 0 radical (unpaired) electrons. The van der Waals surface area contributed by atoms with Crippen LogP contribution in [0.2, 0.25) is 0 Å². The van der Waals surface area contributed by atoms with Crippen LogP contribution in [0.5, 0.6) is 0 Å². The lowest BCUT2D eigenvalue weighted by Crippen LogP contribution is -2.01. The van der Waals surface area contributed by atoms with Gasteiger partial charge in [-0.3, -0.25) is 0 Å². The first-order chi connectivity index (χ1) is 5.22. The highest BCUT2D eigenvalue weighted by molar-refractivity contribution is 5.50. The van der Waals surface area contributed by atoms with Crippen LogP contribution < -0.4 is 0 Å². The van der Waals surface area contributed by atoms with Gasteiger partial charge in [-0.2, -0.15) is 0 Å². The van der Waals surface area contributed by atoms with Crippen LogP contribution in [-0.2, 0) is 4.79 Å². The summed E-state index contributed by atoms with van der Waals surface area (Å²) in [5.41, 5.74) is 1.14. The minimum atomic E-state index is 0.424. The summed E-state index contributed by atoms with van der Waals surface area (Å²) < 4.78 is 0. The van der Waals surface area contributed by atoms with Gasteiger partial charge in [0.2, 0.25) is 0 Å². The van der Waals surface area contributed by atoms with Gasteiger partial charge in [0.15, 0.2) is 0 Å². The van der Waals surface area contributed by atoms with Crippen molar-refractivity contribution in [3.63, 3.8) is 0 Å².